The fourth-order valence-electron chi connectivity index (χ4n) is 2.55. The van der Waals surface area contributed by atoms with Gasteiger partial charge < -0.3 is 19.9 Å². The van der Waals surface area contributed by atoms with Crippen LogP contribution in [0, 0.1) is 10.1 Å². The fourth-order valence-corrected chi connectivity index (χ4v) is 2.55. The third kappa shape index (κ3) is 5.72. The first-order valence-electron chi connectivity index (χ1n) is 8.46. The van der Waals surface area contributed by atoms with Gasteiger partial charge in [0.2, 0.25) is 0 Å². The van der Waals surface area contributed by atoms with Crippen molar-refractivity contribution in [3.8, 4) is 11.5 Å². The highest BCUT2D eigenvalue weighted by molar-refractivity contribution is 5.37. The Labute approximate surface area is 152 Å². The predicted octanol–water partition coefficient (Wildman–Crippen LogP) is 3.08. The first-order valence-corrected chi connectivity index (χ1v) is 8.46. The molecule has 2 N–H and O–H groups in total. The molecular weight excluding hydrogens is 336 g/mol. The van der Waals surface area contributed by atoms with Crippen LogP contribution in [0.5, 0.6) is 11.5 Å². The summed E-state index contributed by atoms with van der Waals surface area (Å²) in [6.45, 7) is 2.46. The van der Waals surface area contributed by atoms with Gasteiger partial charge in [-0.05, 0) is 30.2 Å². The first-order chi connectivity index (χ1) is 12.5. The molecule has 7 nitrogen and oxygen atoms in total. The Bertz CT molecular complexity index is 705. The van der Waals surface area contributed by atoms with E-state index in [0.717, 1.165) is 17.7 Å². The summed E-state index contributed by atoms with van der Waals surface area (Å²) in [5.41, 5.74) is 1.07. The van der Waals surface area contributed by atoms with Crippen molar-refractivity contribution >= 4 is 5.69 Å². The molecule has 26 heavy (non-hydrogen) atoms. The Morgan fingerprint density at radius 3 is 2.54 bits per heavy atom. The van der Waals surface area contributed by atoms with Crippen LogP contribution >= 0.6 is 0 Å². The van der Waals surface area contributed by atoms with Gasteiger partial charge in [-0.25, -0.2) is 0 Å². The molecule has 0 radical (unpaired) electrons. The molecule has 2 aromatic carbocycles. The molecular formula is C19H24N2O5. The highest BCUT2D eigenvalue weighted by Gasteiger charge is 2.13. The van der Waals surface area contributed by atoms with Gasteiger partial charge in [-0.15, -0.1) is 0 Å². The lowest BCUT2D eigenvalue weighted by atomic mass is 10.0. The van der Waals surface area contributed by atoms with Crippen molar-refractivity contribution in [3.05, 3.63) is 64.2 Å². The second-order valence-electron chi connectivity index (χ2n) is 5.86. The predicted molar refractivity (Wildman–Crippen MR) is 98.6 cm³/mol. The Morgan fingerprint density at radius 2 is 1.92 bits per heavy atom. The third-order valence-electron chi connectivity index (χ3n) is 4.00. The normalized spacial score (nSPS) is 13.0. The highest BCUT2D eigenvalue weighted by atomic mass is 16.6. The second-order valence-corrected chi connectivity index (χ2v) is 5.86. The number of ether oxygens (including phenoxy) is 2. The molecule has 0 aliphatic heterocycles. The van der Waals surface area contributed by atoms with Crippen molar-refractivity contribution in [3.63, 3.8) is 0 Å². The Morgan fingerprint density at radius 1 is 1.19 bits per heavy atom. The number of nitrogens with zero attached hydrogens (tertiary/aromatic N) is 1. The van der Waals surface area contributed by atoms with E-state index in [1.165, 1.54) is 12.1 Å². The summed E-state index contributed by atoms with van der Waals surface area (Å²) >= 11 is 0. The van der Waals surface area contributed by atoms with E-state index < -0.39 is 11.0 Å². The van der Waals surface area contributed by atoms with E-state index >= 15 is 0 Å². The summed E-state index contributed by atoms with van der Waals surface area (Å²) < 4.78 is 10.6. The van der Waals surface area contributed by atoms with Crippen molar-refractivity contribution in [2.24, 2.45) is 0 Å². The molecule has 0 heterocycles. The summed E-state index contributed by atoms with van der Waals surface area (Å²) in [6, 6.07) is 13.8. The molecule has 0 aromatic heterocycles. The number of nitro groups is 1. The number of methoxy groups -OCH3 is 1. The molecule has 0 aliphatic carbocycles. The summed E-state index contributed by atoms with van der Waals surface area (Å²) in [5, 5.41) is 24.2. The summed E-state index contributed by atoms with van der Waals surface area (Å²) in [7, 11) is 1.63. The van der Waals surface area contributed by atoms with Gasteiger partial charge in [-0.1, -0.05) is 25.1 Å². The molecule has 0 unspecified atom stereocenters. The average molecular weight is 360 g/mol. The lowest BCUT2D eigenvalue weighted by Gasteiger charge is -2.20. The van der Waals surface area contributed by atoms with Crippen LogP contribution in [0.15, 0.2) is 48.5 Å². The summed E-state index contributed by atoms with van der Waals surface area (Å²) in [6.07, 6.45) is 0.131. The van der Waals surface area contributed by atoms with Gasteiger partial charge in [0.15, 0.2) is 0 Å². The smallest absolute Gasteiger partial charge is 0.273 e. The second kappa shape index (κ2) is 9.74. The van der Waals surface area contributed by atoms with E-state index in [1.807, 2.05) is 24.3 Å². The van der Waals surface area contributed by atoms with E-state index in [1.54, 1.807) is 19.2 Å². The summed E-state index contributed by atoms with van der Waals surface area (Å²) in [5.74, 6) is 1.16. The molecule has 140 valence electrons. The molecule has 0 amide bonds. The molecule has 0 fully saturated rings. The zero-order valence-corrected chi connectivity index (χ0v) is 14.9. The molecule has 0 saturated heterocycles. The minimum Gasteiger partial charge on any atom is -0.497 e. The third-order valence-corrected chi connectivity index (χ3v) is 4.00. The molecule has 2 rings (SSSR count). The van der Waals surface area contributed by atoms with Gasteiger partial charge in [-0.2, -0.15) is 0 Å². The maximum absolute atomic E-state index is 10.8. The van der Waals surface area contributed by atoms with Crippen LogP contribution < -0.4 is 14.8 Å². The van der Waals surface area contributed by atoms with E-state index in [4.69, 9.17) is 9.47 Å². The van der Waals surface area contributed by atoms with Gasteiger partial charge >= 0.3 is 0 Å². The van der Waals surface area contributed by atoms with E-state index in [9.17, 15) is 15.2 Å². The van der Waals surface area contributed by atoms with Crippen LogP contribution in [-0.2, 0) is 0 Å². The van der Waals surface area contributed by atoms with Gasteiger partial charge in [0.1, 0.15) is 24.2 Å². The minimum atomic E-state index is -0.735. The zero-order valence-electron chi connectivity index (χ0n) is 14.9. The minimum absolute atomic E-state index is 0.0410. The SMILES string of the molecule is CC[C@@H](NC[C@@H](O)COc1cccc([N+](=O)[O-])c1)c1ccc(OC)cc1. The topological polar surface area (TPSA) is 93.9 Å². The largest absolute Gasteiger partial charge is 0.497 e. The van der Waals surface area contributed by atoms with Crippen LogP contribution in [0.3, 0.4) is 0 Å². The maximum Gasteiger partial charge on any atom is 0.273 e. The number of hydrogen-bond donors (Lipinski definition) is 2. The number of benzene rings is 2. The fraction of sp³-hybridized carbons (Fsp3) is 0.368. The number of nitrogens with one attached hydrogen (secondary N) is 1. The number of aliphatic hydroxyl groups excluding tert-OH is 1. The lowest BCUT2D eigenvalue weighted by molar-refractivity contribution is -0.384. The van der Waals surface area contributed by atoms with E-state index in [-0.39, 0.29) is 18.3 Å². The maximum atomic E-state index is 10.8. The summed E-state index contributed by atoms with van der Waals surface area (Å²) in [4.78, 5) is 10.3. The highest BCUT2D eigenvalue weighted by Crippen LogP contribution is 2.21. The van der Waals surface area contributed by atoms with E-state index in [0.29, 0.717) is 12.3 Å². The molecule has 0 saturated carbocycles. The zero-order chi connectivity index (χ0) is 18.9. The Hall–Kier alpha value is -2.64. The average Bonchev–Trinajstić information content (AvgIpc) is 2.67. The Kier molecular flexibility index (Phi) is 7.37. The van der Waals surface area contributed by atoms with Gasteiger partial charge in [-0.3, -0.25) is 10.1 Å². The van der Waals surface area contributed by atoms with Gasteiger partial charge in [0.25, 0.3) is 5.69 Å². The number of nitro benzene ring substituents is 1. The standard InChI is InChI=1S/C19H24N2O5/c1-3-19(14-7-9-17(25-2)10-8-14)20-12-16(22)13-26-18-6-4-5-15(11-18)21(23)24/h4-11,16,19-20,22H,3,12-13H2,1-2H3/t16-,19-/m1/s1. The number of non-ortho nitro benzene ring substituents is 1. The van der Waals surface area contributed by atoms with Crippen molar-refractivity contribution in [1.82, 2.24) is 5.32 Å². The quantitative estimate of drug-likeness (QED) is 0.499. The van der Waals surface area contributed by atoms with Crippen LogP contribution in [0.4, 0.5) is 5.69 Å². The molecule has 2 aromatic rings. The van der Waals surface area contributed by atoms with E-state index in [2.05, 4.69) is 12.2 Å². The first kappa shape index (κ1) is 19.7. The molecule has 0 bridgehead atoms. The van der Waals surface area contributed by atoms with Crippen LogP contribution in [0.25, 0.3) is 0 Å². The Balaban J connectivity index is 1.83. The number of rotatable bonds is 10. The molecule has 0 spiro atoms. The van der Waals surface area contributed by atoms with Crippen molar-refractivity contribution in [2.75, 3.05) is 20.3 Å². The monoisotopic (exact) mass is 360 g/mol. The molecule has 2 atom stereocenters. The van der Waals surface area contributed by atoms with Crippen LogP contribution in [0.1, 0.15) is 24.9 Å². The van der Waals surface area contributed by atoms with Crippen molar-refractivity contribution in [2.45, 2.75) is 25.5 Å². The van der Waals surface area contributed by atoms with Crippen LogP contribution in [-0.4, -0.2) is 36.4 Å². The van der Waals surface area contributed by atoms with Crippen molar-refractivity contribution in [1.29, 1.82) is 0 Å². The number of aliphatic hydroxyl groups is 1. The van der Waals surface area contributed by atoms with Crippen molar-refractivity contribution < 1.29 is 19.5 Å². The number of hydrogen-bond acceptors (Lipinski definition) is 6. The van der Waals surface area contributed by atoms with Crippen LogP contribution in [0.2, 0.25) is 0 Å². The lowest BCUT2D eigenvalue weighted by Crippen LogP contribution is -2.33. The van der Waals surface area contributed by atoms with Gasteiger partial charge in [0.05, 0.1) is 18.1 Å². The van der Waals surface area contributed by atoms with Gasteiger partial charge in [0, 0.05) is 18.7 Å². The molecule has 0 aliphatic rings. The molecule has 7 heteroatoms.